The summed E-state index contributed by atoms with van der Waals surface area (Å²) in [5.41, 5.74) is 0. The van der Waals surface area contributed by atoms with Crippen molar-refractivity contribution in [3.8, 4) is 0 Å². The molecule has 1 N–H and O–H groups in total. The molecule has 0 radical (unpaired) electrons. The van der Waals surface area contributed by atoms with Gasteiger partial charge < -0.3 is 19.2 Å². The second kappa shape index (κ2) is 5.22. The summed E-state index contributed by atoms with van der Waals surface area (Å²) in [4.78, 5) is 24.3. The van der Waals surface area contributed by atoms with Crippen LogP contribution in [0.25, 0.3) is 0 Å². The third kappa shape index (κ3) is 156. The first-order valence-corrected chi connectivity index (χ1v) is 2.24. The molecule has 0 saturated heterocycles. The maximum Gasteiger partial charge on any atom is 2.00 e. The van der Waals surface area contributed by atoms with E-state index in [9.17, 15) is 0 Å². The van der Waals surface area contributed by atoms with Gasteiger partial charge in [0, 0.05) is 0 Å². The van der Waals surface area contributed by atoms with Crippen LogP contribution in [0.15, 0.2) is 0 Å². The van der Waals surface area contributed by atoms with Gasteiger partial charge in [-0.1, -0.05) is 0 Å². The molecule has 0 atom stereocenters. The van der Waals surface area contributed by atoms with Gasteiger partial charge in [-0.3, -0.25) is 0 Å². The summed E-state index contributed by atoms with van der Waals surface area (Å²) in [6, 6.07) is 0. The van der Waals surface area contributed by atoms with Crippen molar-refractivity contribution in [2.75, 3.05) is 0 Å². The van der Waals surface area contributed by atoms with Gasteiger partial charge in [0.2, 0.25) is 0 Å². The molecule has 0 aliphatic rings. The summed E-state index contributed by atoms with van der Waals surface area (Å²) in [6.45, 7) is 0. The Bertz CT molecular complexity index is 57.8. The average molecular weight is 195 g/mol. The summed E-state index contributed by atoms with van der Waals surface area (Å²) in [7, 11) is -5.14. The Kier molecular flexibility index (Phi) is 11.7. The van der Waals surface area contributed by atoms with Gasteiger partial charge in [0.15, 0.2) is 0 Å². The van der Waals surface area contributed by atoms with Crippen LogP contribution >= 0.6 is 21.3 Å². The summed E-state index contributed by atoms with van der Waals surface area (Å²) >= 11 is 0. The molecule has 0 aromatic carbocycles. The van der Waals surface area contributed by atoms with E-state index < -0.39 is 7.82 Å². The number of rotatable bonds is 0. The molecular weight excluding hydrogens is 192 g/mol. The molecular formula is H3O4PSZn. The molecule has 0 saturated carbocycles. The van der Waals surface area contributed by atoms with E-state index in [0.29, 0.717) is 0 Å². The van der Waals surface area contributed by atoms with Crippen molar-refractivity contribution in [3.05, 3.63) is 0 Å². The fraction of sp³-hybridized carbons (Fsp3) is 0. The summed E-state index contributed by atoms with van der Waals surface area (Å²) in [5.74, 6) is 0. The van der Waals surface area contributed by atoms with Crippen LogP contribution in [0.1, 0.15) is 0 Å². The molecule has 7 heavy (non-hydrogen) atoms. The van der Waals surface area contributed by atoms with Gasteiger partial charge in [0.1, 0.15) is 0 Å². The monoisotopic (exact) mass is 194 g/mol. The van der Waals surface area contributed by atoms with Crippen LogP contribution in [0.2, 0.25) is 0 Å². The van der Waals surface area contributed by atoms with Crippen molar-refractivity contribution in [1.29, 1.82) is 0 Å². The topological polar surface area (TPSA) is 83.4 Å². The maximum absolute atomic E-state index is 8.66. The van der Waals surface area contributed by atoms with Crippen molar-refractivity contribution >= 4 is 21.3 Å². The third-order valence-electron chi connectivity index (χ3n) is 0. The smallest absolute Gasteiger partial charge is 0.790 e. The fourth-order valence-corrected chi connectivity index (χ4v) is 0. The van der Waals surface area contributed by atoms with Crippen LogP contribution in [-0.2, 0) is 24.0 Å². The van der Waals surface area contributed by atoms with Crippen LogP contribution < -0.4 is 9.79 Å². The van der Waals surface area contributed by atoms with Crippen molar-refractivity contribution in [2.45, 2.75) is 0 Å². The molecule has 7 heteroatoms. The average Bonchev–Trinajstić information content (AvgIpc) is 0.722. The van der Waals surface area contributed by atoms with Gasteiger partial charge in [-0.05, 0) is 0 Å². The number of hydrogen-bond acceptors (Lipinski definition) is 3. The van der Waals surface area contributed by atoms with Gasteiger partial charge in [-0.2, -0.15) is 13.5 Å². The Morgan fingerprint density at radius 1 is 1.43 bits per heavy atom. The minimum Gasteiger partial charge on any atom is -0.790 e. The molecule has 0 heterocycles. The van der Waals surface area contributed by atoms with Crippen molar-refractivity contribution < 1.29 is 38.7 Å². The first kappa shape index (κ1) is 15.7. The summed E-state index contributed by atoms with van der Waals surface area (Å²) in [6.07, 6.45) is 0. The van der Waals surface area contributed by atoms with Crippen molar-refractivity contribution in [1.82, 2.24) is 0 Å². The molecule has 40 valence electrons. The van der Waals surface area contributed by atoms with E-state index >= 15 is 0 Å². The number of phosphoric acid groups is 1. The third-order valence-corrected chi connectivity index (χ3v) is 0. The summed E-state index contributed by atoms with van der Waals surface area (Å²) < 4.78 is 8.66. The minimum atomic E-state index is -5.14. The standard InChI is InChI=1S/H3O4P.H2S.Zn/c1-5(2,3)4;;/h(H3,1,2,3,4);1H2;/q;;+2/p-2. The fourth-order valence-electron chi connectivity index (χ4n) is 0. The Morgan fingerprint density at radius 2 is 1.43 bits per heavy atom. The molecule has 0 aliphatic heterocycles. The molecule has 0 fully saturated rings. The molecule has 0 aliphatic carbocycles. The van der Waals surface area contributed by atoms with Crippen LogP contribution in [0.3, 0.4) is 0 Å². The molecule has 0 rings (SSSR count). The SMILES string of the molecule is O=P([O-])([O-])O.S.[Zn+2]. The predicted octanol–water partition coefficient (Wildman–Crippen LogP) is -2.08. The molecule has 0 amide bonds. The zero-order valence-electron chi connectivity index (χ0n) is 3.33. The quantitative estimate of drug-likeness (QED) is 0.355. The molecule has 0 aromatic rings. The minimum absolute atomic E-state index is 0. The zero-order valence-corrected chi connectivity index (χ0v) is 8.19. The first-order valence-electron chi connectivity index (χ1n) is 0.748. The largest absolute Gasteiger partial charge is 2.00 e. The molecule has 0 aromatic heterocycles. The van der Waals surface area contributed by atoms with Crippen LogP contribution in [0.5, 0.6) is 0 Å². The van der Waals surface area contributed by atoms with Crippen molar-refractivity contribution in [2.24, 2.45) is 0 Å². The molecule has 0 bridgehead atoms. The predicted molar refractivity (Wildman–Crippen MR) is 20.2 cm³/mol. The van der Waals surface area contributed by atoms with E-state index in [1.165, 1.54) is 0 Å². The first-order chi connectivity index (χ1) is 2.00. The Hall–Kier alpha value is 1.08. The molecule has 0 spiro atoms. The van der Waals surface area contributed by atoms with Gasteiger partial charge in [-0.25, -0.2) is 0 Å². The van der Waals surface area contributed by atoms with E-state index in [1.807, 2.05) is 0 Å². The number of hydrogen-bond donors (Lipinski definition) is 1. The Balaban J connectivity index is -0.0000000800. The maximum atomic E-state index is 8.66. The van der Waals surface area contributed by atoms with E-state index in [1.54, 1.807) is 0 Å². The molecule has 0 unspecified atom stereocenters. The zero-order chi connectivity index (χ0) is 4.50. The van der Waals surface area contributed by atoms with Gasteiger partial charge in [-0.15, -0.1) is 0 Å². The summed E-state index contributed by atoms with van der Waals surface area (Å²) in [5, 5.41) is 0. The Labute approximate surface area is 60.4 Å². The van der Waals surface area contributed by atoms with Crippen LogP contribution in [0, 0.1) is 0 Å². The molecule has 4 nitrogen and oxygen atoms in total. The van der Waals surface area contributed by atoms with E-state index in [2.05, 4.69) is 0 Å². The Morgan fingerprint density at radius 3 is 1.43 bits per heavy atom. The van der Waals surface area contributed by atoms with Crippen LogP contribution in [-0.4, -0.2) is 4.89 Å². The van der Waals surface area contributed by atoms with Gasteiger partial charge in [0.25, 0.3) is 0 Å². The van der Waals surface area contributed by atoms with E-state index in [-0.39, 0.29) is 33.0 Å². The normalized spacial score (nSPS) is 8.43. The van der Waals surface area contributed by atoms with E-state index in [0.717, 1.165) is 0 Å². The second-order valence-corrected chi connectivity index (χ2v) is 1.41. The van der Waals surface area contributed by atoms with Crippen molar-refractivity contribution in [3.63, 3.8) is 0 Å². The van der Waals surface area contributed by atoms with Crippen LogP contribution in [0.4, 0.5) is 0 Å². The van der Waals surface area contributed by atoms with Gasteiger partial charge >= 0.3 is 19.5 Å². The van der Waals surface area contributed by atoms with E-state index in [4.69, 9.17) is 19.2 Å². The second-order valence-electron chi connectivity index (χ2n) is 0.469. The van der Waals surface area contributed by atoms with Gasteiger partial charge in [0.05, 0.1) is 7.82 Å².